The minimum absolute atomic E-state index is 0.668. The van der Waals surface area contributed by atoms with E-state index in [9.17, 15) is 0 Å². The van der Waals surface area contributed by atoms with Gasteiger partial charge in [-0.3, -0.25) is 0 Å². The third kappa shape index (κ3) is 3.23. The first-order valence-electron chi connectivity index (χ1n) is 7.73. The fraction of sp³-hybridized carbons (Fsp3) is 0. The van der Waals surface area contributed by atoms with Gasteiger partial charge in [-0.05, 0) is 48.0 Å². The Morgan fingerprint density at radius 2 is 1.36 bits per heavy atom. The molecule has 0 atom stereocenters. The van der Waals surface area contributed by atoms with Crippen molar-refractivity contribution < 1.29 is 0 Å². The Balaban J connectivity index is 2.03. The molecular weight excluding hydrogens is 373 g/mol. The largest absolute Gasteiger partial charge is 0.248 e. The van der Waals surface area contributed by atoms with Crippen LogP contribution in [0.1, 0.15) is 0 Å². The summed E-state index contributed by atoms with van der Waals surface area (Å²) in [6.45, 7) is 0. The molecule has 0 saturated carbocycles. The molecule has 4 rings (SSSR count). The molecule has 0 fully saturated rings. The number of aromatic nitrogens is 1. The molecule has 1 aromatic heterocycles. The van der Waals surface area contributed by atoms with E-state index in [2.05, 4.69) is 0 Å². The quantitative estimate of drug-likeness (QED) is 0.348. The van der Waals surface area contributed by atoms with Crippen LogP contribution in [0.3, 0.4) is 0 Å². The lowest BCUT2D eigenvalue weighted by Gasteiger charge is -2.12. The Labute approximate surface area is 160 Å². The van der Waals surface area contributed by atoms with Gasteiger partial charge in [0.05, 0.1) is 11.2 Å². The Hall–Kier alpha value is -2.06. The van der Waals surface area contributed by atoms with E-state index >= 15 is 0 Å². The maximum Gasteiger partial charge on any atom is 0.0716 e. The fourth-order valence-electron chi connectivity index (χ4n) is 2.87. The van der Waals surface area contributed by atoms with Crippen LogP contribution >= 0.6 is 34.8 Å². The number of hydrogen-bond acceptors (Lipinski definition) is 1. The van der Waals surface area contributed by atoms with E-state index in [0.717, 1.165) is 33.3 Å². The molecular formula is C21H12Cl3N. The normalized spacial score (nSPS) is 11.0. The highest BCUT2D eigenvalue weighted by molar-refractivity contribution is 6.34. The molecule has 0 spiro atoms. The first kappa shape index (κ1) is 16.4. The predicted octanol–water partition coefficient (Wildman–Crippen LogP) is 7.53. The molecule has 4 heteroatoms. The van der Waals surface area contributed by atoms with Crippen LogP contribution in [0.25, 0.3) is 33.3 Å². The minimum Gasteiger partial charge on any atom is -0.248 e. The second-order valence-electron chi connectivity index (χ2n) is 5.70. The molecule has 122 valence electrons. The van der Waals surface area contributed by atoms with Crippen LogP contribution in [-0.2, 0) is 0 Å². The number of nitrogens with zero attached hydrogens (tertiary/aromatic N) is 1. The van der Waals surface area contributed by atoms with Crippen molar-refractivity contribution in [3.63, 3.8) is 0 Å². The molecule has 0 aliphatic carbocycles. The second kappa shape index (κ2) is 6.68. The number of pyridine rings is 1. The number of rotatable bonds is 2. The van der Waals surface area contributed by atoms with E-state index in [0.29, 0.717) is 15.1 Å². The average molecular weight is 385 g/mol. The topological polar surface area (TPSA) is 12.9 Å². The summed E-state index contributed by atoms with van der Waals surface area (Å²) in [6.07, 6.45) is 0. The maximum absolute atomic E-state index is 6.45. The zero-order chi connectivity index (χ0) is 17.4. The number of benzene rings is 3. The minimum atomic E-state index is 0.668. The first-order valence-corrected chi connectivity index (χ1v) is 8.86. The third-order valence-corrected chi connectivity index (χ3v) is 4.89. The molecule has 0 unspecified atom stereocenters. The van der Waals surface area contributed by atoms with E-state index in [1.165, 1.54) is 0 Å². The SMILES string of the molecule is Clc1ccc(-c2cc(-c3ccccc3Cl)c3cc(Cl)ccc3n2)cc1. The molecule has 0 N–H and O–H groups in total. The van der Waals surface area contributed by atoms with E-state index in [-0.39, 0.29) is 0 Å². The predicted molar refractivity (Wildman–Crippen MR) is 108 cm³/mol. The van der Waals surface area contributed by atoms with Crippen LogP contribution in [0.5, 0.6) is 0 Å². The fourth-order valence-corrected chi connectivity index (χ4v) is 3.40. The number of halogens is 3. The molecule has 1 nitrogen and oxygen atoms in total. The highest BCUT2D eigenvalue weighted by atomic mass is 35.5. The standard InChI is InChI=1S/C21H12Cl3N/c22-14-7-5-13(6-8-14)21-12-17(16-3-1-2-4-19(16)24)18-11-15(23)9-10-20(18)25-21/h1-12H. The molecule has 25 heavy (non-hydrogen) atoms. The van der Waals surface area contributed by atoms with Crippen LogP contribution in [0.4, 0.5) is 0 Å². The van der Waals surface area contributed by atoms with Gasteiger partial charge >= 0.3 is 0 Å². The summed E-state index contributed by atoms with van der Waals surface area (Å²) in [4.78, 5) is 4.79. The van der Waals surface area contributed by atoms with Crippen LogP contribution in [0, 0.1) is 0 Å². The Morgan fingerprint density at radius 1 is 0.640 bits per heavy atom. The van der Waals surface area contributed by atoms with Crippen molar-refractivity contribution >= 4 is 45.7 Å². The van der Waals surface area contributed by atoms with Gasteiger partial charge in [0.15, 0.2) is 0 Å². The smallest absolute Gasteiger partial charge is 0.0716 e. The van der Waals surface area contributed by atoms with E-state index in [1.54, 1.807) is 0 Å². The molecule has 4 aromatic rings. The van der Waals surface area contributed by atoms with Crippen LogP contribution < -0.4 is 0 Å². The van der Waals surface area contributed by atoms with Gasteiger partial charge < -0.3 is 0 Å². The highest BCUT2D eigenvalue weighted by Crippen LogP contribution is 2.36. The van der Waals surface area contributed by atoms with Gasteiger partial charge in [0.25, 0.3) is 0 Å². The van der Waals surface area contributed by atoms with Gasteiger partial charge in [-0.2, -0.15) is 0 Å². The van der Waals surface area contributed by atoms with Crippen molar-refractivity contribution in [3.05, 3.63) is 87.9 Å². The molecule has 3 aromatic carbocycles. The van der Waals surface area contributed by atoms with E-state index in [4.69, 9.17) is 39.8 Å². The second-order valence-corrected chi connectivity index (χ2v) is 6.98. The van der Waals surface area contributed by atoms with Crippen molar-refractivity contribution in [2.24, 2.45) is 0 Å². The Bertz CT molecular complexity index is 1070. The summed E-state index contributed by atoms with van der Waals surface area (Å²) >= 11 is 18.7. The van der Waals surface area contributed by atoms with Gasteiger partial charge in [-0.25, -0.2) is 4.98 Å². The van der Waals surface area contributed by atoms with Crippen molar-refractivity contribution in [3.8, 4) is 22.4 Å². The molecule has 0 aliphatic rings. The van der Waals surface area contributed by atoms with Gasteiger partial charge in [-0.15, -0.1) is 0 Å². The zero-order valence-electron chi connectivity index (χ0n) is 13.0. The summed E-state index contributed by atoms with van der Waals surface area (Å²) in [5.41, 5.74) is 4.68. The number of hydrogen-bond donors (Lipinski definition) is 0. The lowest BCUT2D eigenvalue weighted by molar-refractivity contribution is 1.40. The maximum atomic E-state index is 6.45. The molecule has 1 heterocycles. The molecule has 0 amide bonds. The monoisotopic (exact) mass is 383 g/mol. The third-order valence-electron chi connectivity index (χ3n) is 4.07. The molecule has 0 saturated heterocycles. The summed E-state index contributed by atoms with van der Waals surface area (Å²) in [5, 5.41) is 3.03. The van der Waals surface area contributed by atoms with E-state index in [1.807, 2.05) is 72.8 Å². The molecule has 0 bridgehead atoms. The summed E-state index contributed by atoms with van der Waals surface area (Å²) < 4.78 is 0. The molecule has 0 radical (unpaired) electrons. The van der Waals surface area contributed by atoms with Crippen LogP contribution in [0.2, 0.25) is 15.1 Å². The molecule has 0 aliphatic heterocycles. The lowest BCUT2D eigenvalue weighted by atomic mass is 9.98. The van der Waals surface area contributed by atoms with Crippen LogP contribution in [-0.4, -0.2) is 4.98 Å². The summed E-state index contributed by atoms with van der Waals surface area (Å²) in [6, 6.07) is 23.2. The van der Waals surface area contributed by atoms with Crippen molar-refractivity contribution in [2.45, 2.75) is 0 Å². The summed E-state index contributed by atoms with van der Waals surface area (Å²) in [7, 11) is 0. The van der Waals surface area contributed by atoms with Gasteiger partial charge in [0.2, 0.25) is 0 Å². The van der Waals surface area contributed by atoms with Gasteiger partial charge in [-0.1, -0.05) is 65.1 Å². The van der Waals surface area contributed by atoms with E-state index < -0.39 is 0 Å². The first-order chi connectivity index (χ1) is 12.1. The van der Waals surface area contributed by atoms with Crippen molar-refractivity contribution in [1.82, 2.24) is 4.98 Å². The zero-order valence-corrected chi connectivity index (χ0v) is 15.3. The van der Waals surface area contributed by atoms with Crippen molar-refractivity contribution in [2.75, 3.05) is 0 Å². The lowest BCUT2D eigenvalue weighted by Crippen LogP contribution is -1.90. The van der Waals surface area contributed by atoms with Gasteiger partial charge in [0, 0.05) is 31.6 Å². The number of fused-ring (bicyclic) bond motifs is 1. The summed E-state index contributed by atoms with van der Waals surface area (Å²) in [5.74, 6) is 0. The Morgan fingerprint density at radius 3 is 2.12 bits per heavy atom. The van der Waals surface area contributed by atoms with Crippen LogP contribution in [0.15, 0.2) is 72.8 Å². The highest BCUT2D eigenvalue weighted by Gasteiger charge is 2.12. The average Bonchev–Trinajstić information content (AvgIpc) is 2.62. The van der Waals surface area contributed by atoms with Crippen molar-refractivity contribution in [1.29, 1.82) is 0 Å². The Kier molecular flexibility index (Phi) is 4.39. The van der Waals surface area contributed by atoms with Gasteiger partial charge in [0.1, 0.15) is 0 Å².